The van der Waals surface area contributed by atoms with Gasteiger partial charge >= 0.3 is 0 Å². The Morgan fingerprint density at radius 1 is 1.19 bits per heavy atom. The van der Waals surface area contributed by atoms with Crippen molar-refractivity contribution < 1.29 is 4.52 Å². The highest BCUT2D eigenvalue weighted by Gasteiger charge is 2.09. The fourth-order valence-corrected chi connectivity index (χ4v) is 2.90. The third kappa shape index (κ3) is 3.49. The molecule has 4 nitrogen and oxygen atoms in total. The van der Waals surface area contributed by atoms with E-state index in [1.165, 1.54) is 11.1 Å². The number of thiophene rings is 1. The molecule has 21 heavy (non-hydrogen) atoms. The van der Waals surface area contributed by atoms with Crippen molar-refractivity contribution in [2.75, 3.05) is 11.9 Å². The van der Waals surface area contributed by atoms with Crippen LogP contribution in [0.4, 0.5) is 5.69 Å². The summed E-state index contributed by atoms with van der Waals surface area (Å²) in [5.74, 6) is 1.33. The molecule has 1 N–H and O–H groups in total. The van der Waals surface area contributed by atoms with Gasteiger partial charge in [-0.15, -0.1) is 11.3 Å². The maximum Gasteiger partial charge on any atom is 0.267 e. The SMILES string of the molecule is Cc1cc(C)cc(NCCc2noc(-c3cccs3)n2)c1. The zero-order chi connectivity index (χ0) is 14.7. The Kier molecular flexibility index (Phi) is 4.01. The van der Waals surface area contributed by atoms with E-state index in [1.54, 1.807) is 11.3 Å². The van der Waals surface area contributed by atoms with Crippen LogP contribution in [0.25, 0.3) is 10.8 Å². The van der Waals surface area contributed by atoms with Crippen LogP contribution in [0.5, 0.6) is 0 Å². The number of anilines is 1. The Balaban J connectivity index is 1.58. The van der Waals surface area contributed by atoms with Gasteiger partial charge in [0.05, 0.1) is 4.88 Å². The molecule has 0 atom stereocenters. The van der Waals surface area contributed by atoms with Crippen LogP contribution >= 0.6 is 11.3 Å². The summed E-state index contributed by atoms with van der Waals surface area (Å²) in [7, 11) is 0. The van der Waals surface area contributed by atoms with Crippen molar-refractivity contribution in [3.8, 4) is 10.8 Å². The lowest BCUT2D eigenvalue weighted by molar-refractivity contribution is 0.424. The third-order valence-corrected chi connectivity index (χ3v) is 3.96. The summed E-state index contributed by atoms with van der Waals surface area (Å²) >= 11 is 1.60. The second-order valence-corrected chi connectivity index (χ2v) is 5.99. The van der Waals surface area contributed by atoms with Gasteiger partial charge in [-0.1, -0.05) is 17.3 Å². The van der Waals surface area contributed by atoms with Gasteiger partial charge in [-0.2, -0.15) is 4.98 Å². The molecule has 0 unspecified atom stereocenters. The van der Waals surface area contributed by atoms with E-state index < -0.39 is 0 Å². The molecule has 0 aliphatic carbocycles. The summed E-state index contributed by atoms with van der Waals surface area (Å²) in [6.07, 6.45) is 0.738. The van der Waals surface area contributed by atoms with Crippen LogP contribution in [0.1, 0.15) is 17.0 Å². The molecule has 108 valence electrons. The molecule has 0 saturated carbocycles. The van der Waals surface area contributed by atoms with Gasteiger partial charge in [0.2, 0.25) is 0 Å². The van der Waals surface area contributed by atoms with Crippen LogP contribution in [0.15, 0.2) is 40.2 Å². The van der Waals surface area contributed by atoms with Crippen molar-refractivity contribution in [3.63, 3.8) is 0 Å². The van der Waals surface area contributed by atoms with Crippen molar-refractivity contribution in [1.29, 1.82) is 0 Å². The molecule has 2 heterocycles. The van der Waals surface area contributed by atoms with Crippen molar-refractivity contribution in [3.05, 3.63) is 52.7 Å². The largest absolute Gasteiger partial charge is 0.385 e. The lowest BCUT2D eigenvalue weighted by Crippen LogP contribution is -2.06. The summed E-state index contributed by atoms with van der Waals surface area (Å²) < 4.78 is 5.27. The first kappa shape index (κ1) is 13.8. The Bertz CT molecular complexity index is 699. The fourth-order valence-electron chi connectivity index (χ4n) is 2.25. The summed E-state index contributed by atoms with van der Waals surface area (Å²) in [5.41, 5.74) is 3.66. The molecule has 0 aliphatic heterocycles. The minimum Gasteiger partial charge on any atom is -0.385 e. The van der Waals surface area contributed by atoms with Crippen LogP contribution in [0.3, 0.4) is 0 Å². The van der Waals surface area contributed by atoms with E-state index in [-0.39, 0.29) is 0 Å². The van der Waals surface area contributed by atoms with Crippen molar-refractivity contribution in [2.24, 2.45) is 0 Å². The van der Waals surface area contributed by atoms with E-state index in [9.17, 15) is 0 Å². The third-order valence-electron chi connectivity index (χ3n) is 3.10. The van der Waals surface area contributed by atoms with Crippen LogP contribution in [0.2, 0.25) is 0 Å². The van der Waals surface area contributed by atoms with E-state index in [1.807, 2.05) is 17.5 Å². The van der Waals surface area contributed by atoms with Crippen molar-refractivity contribution in [1.82, 2.24) is 10.1 Å². The molecule has 5 heteroatoms. The number of hydrogen-bond acceptors (Lipinski definition) is 5. The van der Waals surface area contributed by atoms with Gasteiger partial charge in [-0.3, -0.25) is 0 Å². The van der Waals surface area contributed by atoms with E-state index in [2.05, 4.69) is 47.5 Å². The van der Waals surface area contributed by atoms with Gasteiger partial charge in [0.25, 0.3) is 5.89 Å². The van der Waals surface area contributed by atoms with Gasteiger partial charge in [0.1, 0.15) is 0 Å². The number of hydrogen-bond donors (Lipinski definition) is 1. The maximum absolute atomic E-state index is 5.27. The summed E-state index contributed by atoms with van der Waals surface area (Å²) in [6, 6.07) is 10.4. The molecular formula is C16H17N3OS. The fraction of sp³-hybridized carbons (Fsp3) is 0.250. The number of benzene rings is 1. The van der Waals surface area contributed by atoms with Crippen molar-refractivity contribution >= 4 is 17.0 Å². The average Bonchev–Trinajstić information content (AvgIpc) is 3.08. The molecule has 3 aromatic rings. The standard InChI is InChI=1S/C16H17N3OS/c1-11-8-12(2)10-13(9-11)17-6-5-15-18-16(20-19-15)14-4-3-7-21-14/h3-4,7-10,17H,5-6H2,1-2H3. The molecule has 0 saturated heterocycles. The molecule has 0 radical (unpaired) electrons. The predicted octanol–water partition coefficient (Wildman–Crippen LogP) is 4.07. The molecule has 0 spiro atoms. The summed E-state index contributed by atoms with van der Waals surface area (Å²) in [5, 5.41) is 9.42. The monoisotopic (exact) mass is 299 g/mol. The minimum atomic E-state index is 0.603. The molecule has 0 bridgehead atoms. The first-order valence-corrected chi connectivity index (χ1v) is 7.77. The average molecular weight is 299 g/mol. The highest BCUT2D eigenvalue weighted by atomic mass is 32.1. The Labute approximate surface area is 127 Å². The van der Waals surface area contributed by atoms with Gasteiger partial charge in [0.15, 0.2) is 5.82 Å². The maximum atomic E-state index is 5.27. The first-order valence-electron chi connectivity index (χ1n) is 6.89. The lowest BCUT2D eigenvalue weighted by atomic mass is 10.1. The molecule has 3 rings (SSSR count). The quantitative estimate of drug-likeness (QED) is 0.771. The predicted molar refractivity (Wildman–Crippen MR) is 85.7 cm³/mol. The second kappa shape index (κ2) is 6.10. The second-order valence-electron chi connectivity index (χ2n) is 5.05. The lowest BCUT2D eigenvalue weighted by Gasteiger charge is -2.07. The Morgan fingerprint density at radius 3 is 2.71 bits per heavy atom. The van der Waals surface area contributed by atoms with Gasteiger partial charge in [-0.05, 0) is 48.6 Å². The Hall–Kier alpha value is -2.14. The molecule has 0 amide bonds. The molecule has 0 fully saturated rings. The van der Waals surface area contributed by atoms with Crippen LogP contribution < -0.4 is 5.32 Å². The zero-order valence-corrected chi connectivity index (χ0v) is 12.9. The van der Waals surface area contributed by atoms with E-state index in [4.69, 9.17) is 4.52 Å². The van der Waals surface area contributed by atoms with Crippen molar-refractivity contribution in [2.45, 2.75) is 20.3 Å². The number of nitrogens with zero attached hydrogens (tertiary/aromatic N) is 2. The van der Waals surface area contributed by atoms with E-state index in [0.29, 0.717) is 5.89 Å². The molecule has 2 aromatic heterocycles. The van der Waals surface area contributed by atoms with E-state index in [0.717, 1.165) is 29.4 Å². The number of aryl methyl sites for hydroxylation is 2. The van der Waals surface area contributed by atoms with E-state index >= 15 is 0 Å². The summed E-state index contributed by atoms with van der Waals surface area (Å²) in [4.78, 5) is 5.42. The van der Waals surface area contributed by atoms with Crippen LogP contribution in [0, 0.1) is 13.8 Å². The van der Waals surface area contributed by atoms with Gasteiger partial charge < -0.3 is 9.84 Å². The molecular weight excluding hydrogens is 282 g/mol. The Morgan fingerprint density at radius 2 is 2.00 bits per heavy atom. The first-order chi connectivity index (χ1) is 10.2. The smallest absolute Gasteiger partial charge is 0.267 e. The molecule has 0 aliphatic rings. The number of rotatable bonds is 5. The normalized spacial score (nSPS) is 10.8. The highest BCUT2D eigenvalue weighted by Crippen LogP contribution is 2.22. The van der Waals surface area contributed by atoms with Crippen LogP contribution in [-0.4, -0.2) is 16.7 Å². The van der Waals surface area contributed by atoms with Crippen LogP contribution in [-0.2, 0) is 6.42 Å². The van der Waals surface area contributed by atoms with Gasteiger partial charge in [-0.25, -0.2) is 0 Å². The molecule has 1 aromatic carbocycles. The summed E-state index contributed by atoms with van der Waals surface area (Å²) in [6.45, 7) is 4.99. The number of nitrogens with one attached hydrogen (secondary N) is 1. The minimum absolute atomic E-state index is 0.603. The highest BCUT2D eigenvalue weighted by molar-refractivity contribution is 7.13. The topological polar surface area (TPSA) is 51.0 Å². The zero-order valence-electron chi connectivity index (χ0n) is 12.1. The number of aromatic nitrogens is 2. The van der Waals surface area contributed by atoms with Gasteiger partial charge in [0, 0.05) is 18.7 Å².